The van der Waals surface area contributed by atoms with E-state index in [1.807, 2.05) is 13.1 Å². The second-order valence-electron chi connectivity index (χ2n) is 8.13. The first kappa shape index (κ1) is 22.7. The van der Waals surface area contributed by atoms with Gasteiger partial charge >= 0.3 is 0 Å². The standard InChI is InChI=1S/C23H38N4O3/c1-24-23(26-12-9-21(10-13-26)30-15-5-14-28-2)25-17-19-8-11-27(18-19)20-6-4-7-22(16-20)29-3/h4,6-7,16,19,21H,5,8-15,17-18H2,1-3H3,(H,24,25). The van der Waals surface area contributed by atoms with Crippen molar-refractivity contribution in [2.75, 3.05) is 72.1 Å². The van der Waals surface area contributed by atoms with Crippen molar-refractivity contribution in [2.24, 2.45) is 10.9 Å². The van der Waals surface area contributed by atoms with Crippen LogP contribution in [0.5, 0.6) is 5.75 Å². The smallest absolute Gasteiger partial charge is 0.193 e. The molecule has 30 heavy (non-hydrogen) atoms. The van der Waals surface area contributed by atoms with E-state index in [0.29, 0.717) is 12.0 Å². The van der Waals surface area contributed by atoms with Crippen LogP contribution in [-0.4, -0.2) is 84.2 Å². The van der Waals surface area contributed by atoms with Gasteiger partial charge in [0.15, 0.2) is 5.96 Å². The lowest BCUT2D eigenvalue weighted by molar-refractivity contribution is 0.00989. The van der Waals surface area contributed by atoms with Crippen LogP contribution in [0.25, 0.3) is 0 Å². The van der Waals surface area contributed by atoms with E-state index < -0.39 is 0 Å². The van der Waals surface area contributed by atoms with Crippen LogP contribution < -0.4 is 15.0 Å². The van der Waals surface area contributed by atoms with Crippen molar-refractivity contribution in [3.8, 4) is 5.75 Å². The van der Waals surface area contributed by atoms with Crippen LogP contribution in [0.3, 0.4) is 0 Å². The summed E-state index contributed by atoms with van der Waals surface area (Å²) in [4.78, 5) is 9.34. The summed E-state index contributed by atoms with van der Waals surface area (Å²) in [6.07, 6.45) is 4.64. The van der Waals surface area contributed by atoms with Crippen LogP contribution in [0.1, 0.15) is 25.7 Å². The van der Waals surface area contributed by atoms with E-state index in [9.17, 15) is 0 Å². The molecule has 1 aromatic carbocycles. The first-order valence-electron chi connectivity index (χ1n) is 11.2. The van der Waals surface area contributed by atoms with Gasteiger partial charge in [0.1, 0.15) is 5.75 Å². The minimum absolute atomic E-state index is 0.363. The number of piperidine rings is 1. The normalized spacial score (nSPS) is 20.6. The quantitative estimate of drug-likeness (QED) is 0.378. The van der Waals surface area contributed by atoms with E-state index in [1.54, 1.807) is 14.2 Å². The van der Waals surface area contributed by atoms with E-state index in [2.05, 4.69) is 38.3 Å². The van der Waals surface area contributed by atoms with E-state index in [1.165, 1.54) is 12.1 Å². The molecule has 1 aromatic rings. The SMILES string of the molecule is CN=C(NCC1CCN(c2cccc(OC)c2)C1)N1CCC(OCCCOC)CC1. The van der Waals surface area contributed by atoms with Gasteiger partial charge in [-0.05, 0) is 43.7 Å². The van der Waals surface area contributed by atoms with Crippen LogP contribution in [0, 0.1) is 5.92 Å². The Morgan fingerprint density at radius 3 is 2.70 bits per heavy atom. The minimum atomic E-state index is 0.363. The number of rotatable bonds is 9. The zero-order valence-electron chi connectivity index (χ0n) is 18.8. The molecule has 2 heterocycles. The van der Waals surface area contributed by atoms with Crippen LogP contribution in [-0.2, 0) is 9.47 Å². The maximum Gasteiger partial charge on any atom is 0.193 e. The molecule has 0 radical (unpaired) electrons. The summed E-state index contributed by atoms with van der Waals surface area (Å²) < 4.78 is 16.4. The molecule has 1 N–H and O–H groups in total. The Hall–Kier alpha value is -1.99. The van der Waals surface area contributed by atoms with Gasteiger partial charge in [-0.25, -0.2) is 0 Å². The van der Waals surface area contributed by atoms with Gasteiger partial charge in [-0.2, -0.15) is 0 Å². The Bertz CT molecular complexity index is 662. The van der Waals surface area contributed by atoms with Crippen molar-refractivity contribution in [1.82, 2.24) is 10.2 Å². The second-order valence-corrected chi connectivity index (χ2v) is 8.13. The van der Waals surface area contributed by atoms with Gasteiger partial charge in [-0.1, -0.05) is 6.07 Å². The van der Waals surface area contributed by atoms with Crippen molar-refractivity contribution in [2.45, 2.75) is 31.8 Å². The van der Waals surface area contributed by atoms with Gasteiger partial charge in [0.05, 0.1) is 13.2 Å². The van der Waals surface area contributed by atoms with Crippen LogP contribution in [0.4, 0.5) is 5.69 Å². The van der Waals surface area contributed by atoms with Crippen LogP contribution >= 0.6 is 0 Å². The number of ether oxygens (including phenoxy) is 3. The first-order valence-corrected chi connectivity index (χ1v) is 11.2. The Kier molecular flexibility index (Phi) is 9.08. The number of nitrogens with zero attached hydrogens (tertiary/aromatic N) is 3. The zero-order chi connectivity index (χ0) is 21.2. The molecule has 0 saturated carbocycles. The maximum atomic E-state index is 5.98. The summed E-state index contributed by atoms with van der Waals surface area (Å²) in [7, 11) is 5.34. The molecule has 0 spiro atoms. The topological polar surface area (TPSA) is 58.6 Å². The van der Waals surface area contributed by atoms with Gasteiger partial charge in [0, 0.05) is 71.8 Å². The largest absolute Gasteiger partial charge is 0.497 e. The Labute approximate surface area is 181 Å². The van der Waals surface area contributed by atoms with Crippen molar-refractivity contribution in [1.29, 1.82) is 0 Å². The molecule has 2 saturated heterocycles. The van der Waals surface area contributed by atoms with Gasteiger partial charge in [0.2, 0.25) is 0 Å². The molecule has 7 nitrogen and oxygen atoms in total. The molecular weight excluding hydrogens is 380 g/mol. The number of aliphatic imine (C=N–C) groups is 1. The fraction of sp³-hybridized carbons (Fsp3) is 0.696. The second kappa shape index (κ2) is 12.0. The van der Waals surface area contributed by atoms with E-state index in [-0.39, 0.29) is 0 Å². The fourth-order valence-electron chi connectivity index (χ4n) is 4.30. The fourth-order valence-corrected chi connectivity index (χ4v) is 4.30. The summed E-state index contributed by atoms with van der Waals surface area (Å²) in [5, 5.41) is 3.62. The average Bonchev–Trinajstić information content (AvgIpc) is 3.27. The number of hydrogen-bond acceptors (Lipinski definition) is 5. The summed E-state index contributed by atoms with van der Waals surface area (Å²) in [6.45, 7) is 6.66. The van der Waals surface area contributed by atoms with E-state index in [4.69, 9.17) is 14.2 Å². The van der Waals surface area contributed by atoms with Crippen molar-refractivity contribution in [3.05, 3.63) is 24.3 Å². The molecular formula is C23H38N4O3. The predicted octanol–water partition coefficient (Wildman–Crippen LogP) is 2.61. The molecule has 0 aliphatic carbocycles. The van der Waals surface area contributed by atoms with E-state index in [0.717, 1.165) is 76.9 Å². The number of anilines is 1. The van der Waals surface area contributed by atoms with Gasteiger partial charge in [0.25, 0.3) is 0 Å². The summed E-state index contributed by atoms with van der Waals surface area (Å²) >= 11 is 0. The average molecular weight is 419 g/mol. The highest BCUT2D eigenvalue weighted by Gasteiger charge is 2.25. The molecule has 2 aliphatic heterocycles. The number of likely N-dealkylation sites (tertiary alicyclic amines) is 1. The predicted molar refractivity (Wildman–Crippen MR) is 122 cm³/mol. The third-order valence-electron chi connectivity index (χ3n) is 6.05. The number of guanidine groups is 1. The summed E-state index contributed by atoms with van der Waals surface area (Å²) in [5.74, 6) is 2.56. The number of nitrogens with one attached hydrogen (secondary N) is 1. The third-order valence-corrected chi connectivity index (χ3v) is 6.05. The van der Waals surface area contributed by atoms with Crippen LogP contribution in [0.2, 0.25) is 0 Å². The Morgan fingerprint density at radius 2 is 1.97 bits per heavy atom. The minimum Gasteiger partial charge on any atom is -0.497 e. The first-order chi connectivity index (χ1) is 14.7. The van der Waals surface area contributed by atoms with Gasteiger partial charge in [-0.3, -0.25) is 4.99 Å². The number of benzene rings is 1. The zero-order valence-corrected chi connectivity index (χ0v) is 18.8. The highest BCUT2D eigenvalue weighted by Crippen LogP contribution is 2.26. The van der Waals surface area contributed by atoms with Gasteiger partial charge < -0.3 is 29.3 Å². The monoisotopic (exact) mass is 418 g/mol. The molecule has 3 rings (SSSR count). The number of hydrogen-bond donors (Lipinski definition) is 1. The molecule has 2 fully saturated rings. The molecule has 168 valence electrons. The molecule has 7 heteroatoms. The summed E-state index contributed by atoms with van der Waals surface area (Å²) in [5.41, 5.74) is 1.24. The Balaban J connectivity index is 1.39. The maximum absolute atomic E-state index is 5.98. The van der Waals surface area contributed by atoms with Gasteiger partial charge in [-0.15, -0.1) is 0 Å². The molecule has 1 unspecified atom stereocenters. The molecule has 0 aromatic heterocycles. The highest BCUT2D eigenvalue weighted by molar-refractivity contribution is 5.80. The lowest BCUT2D eigenvalue weighted by Crippen LogP contribution is -2.48. The van der Waals surface area contributed by atoms with E-state index >= 15 is 0 Å². The third kappa shape index (κ3) is 6.51. The van der Waals surface area contributed by atoms with Crippen molar-refractivity contribution in [3.63, 3.8) is 0 Å². The Morgan fingerprint density at radius 1 is 1.13 bits per heavy atom. The lowest BCUT2D eigenvalue weighted by Gasteiger charge is -2.34. The van der Waals surface area contributed by atoms with Crippen molar-refractivity contribution < 1.29 is 14.2 Å². The molecule has 0 bridgehead atoms. The van der Waals surface area contributed by atoms with Crippen molar-refractivity contribution >= 4 is 11.6 Å². The highest BCUT2D eigenvalue weighted by atomic mass is 16.5. The summed E-state index contributed by atoms with van der Waals surface area (Å²) in [6, 6.07) is 8.35. The van der Waals surface area contributed by atoms with Crippen LogP contribution in [0.15, 0.2) is 29.3 Å². The molecule has 2 aliphatic rings. The number of methoxy groups -OCH3 is 2. The molecule has 0 amide bonds. The lowest BCUT2D eigenvalue weighted by atomic mass is 10.1. The molecule has 1 atom stereocenters.